The minimum Gasteiger partial charge on any atom is -0.493 e. The van der Waals surface area contributed by atoms with E-state index in [0.717, 1.165) is 10.1 Å². The lowest BCUT2D eigenvalue weighted by atomic mass is 10.1. The fourth-order valence-corrected chi connectivity index (χ4v) is 6.22. The highest BCUT2D eigenvalue weighted by Crippen LogP contribution is 2.45. The van der Waals surface area contributed by atoms with Gasteiger partial charge in [0.15, 0.2) is 34.6 Å². The molecule has 2 heterocycles. The summed E-state index contributed by atoms with van der Waals surface area (Å²) in [4.78, 5) is 39.2. The fourth-order valence-electron chi connectivity index (χ4n) is 5.14. The van der Waals surface area contributed by atoms with Crippen LogP contribution in [0.4, 0.5) is 9.18 Å². The molecule has 0 bridgehead atoms. The predicted octanol–water partition coefficient (Wildman–Crippen LogP) is 6.15. The summed E-state index contributed by atoms with van der Waals surface area (Å²) >= 11 is 1.35. The zero-order chi connectivity index (χ0) is 31.8. The molecule has 1 aliphatic heterocycles. The predicted molar refractivity (Wildman–Crippen MR) is 160 cm³/mol. The summed E-state index contributed by atoms with van der Waals surface area (Å²) in [6.07, 6.45) is 0.417. The van der Waals surface area contributed by atoms with E-state index in [2.05, 4.69) is 0 Å². The first-order valence-corrected chi connectivity index (χ1v) is 15.1. The van der Waals surface area contributed by atoms with Gasteiger partial charge in [-0.1, -0.05) is 0 Å². The summed E-state index contributed by atoms with van der Waals surface area (Å²) in [5.41, 5.74) is 0.353. The molecule has 0 radical (unpaired) electrons. The monoisotopic (exact) mass is 629 g/mol. The Morgan fingerprint density at radius 2 is 1.66 bits per heavy atom. The van der Waals surface area contributed by atoms with Gasteiger partial charge in [-0.3, -0.25) is 14.5 Å². The number of rotatable bonds is 11. The molecule has 0 unspecified atom stereocenters. The number of hydrogen-bond acceptors (Lipinski definition) is 10. The van der Waals surface area contributed by atoms with Gasteiger partial charge >= 0.3 is 12.1 Å². The first-order valence-electron chi connectivity index (χ1n) is 14.3. The topological polar surface area (TPSA) is 110 Å². The van der Waals surface area contributed by atoms with Gasteiger partial charge in [-0.15, -0.1) is 11.3 Å². The average Bonchev–Trinajstić information content (AvgIpc) is 3.48. The number of carbonyl (C=O) groups is 3. The zero-order valence-electron chi connectivity index (χ0n) is 25.6. The number of Topliss-reactive ketones (excluding diaryl/α,β-unsaturated/α-hetero) is 1. The lowest BCUT2D eigenvalue weighted by Crippen LogP contribution is -2.33. The Kier molecular flexibility index (Phi) is 8.92. The number of fused-ring (bicyclic) bond motifs is 2. The number of esters is 1. The Balaban J connectivity index is 1.19. The second kappa shape index (κ2) is 12.5. The number of nitrogens with zero attached hydrogens (tertiary/aromatic N) is 1. The van der Waals surface area contributed by atoms with Gasteiger partial charge in [-0.05, 0) is 56.3 Å². The molecule has 0 saturated heterocycles. The molecule has 10 nitrogen and oxygen atoms in total. The Bertz CT molecular complexity index is 1590. The van der Waals surface area contributed by atoms with E-state index >= 15 is 4.39 Å². The Morgan fingerprint density at radius 3 is 2.34 bits per heavy atom. The standard InChI is InChI=1S/C32H36FNO9S/c1-32(2,3)43-31(37)34-15-18-11-24(39-5)29(27(33)21(18)16-34)42-9-7-8-41-23-10-17-12-26(44-25(17)14-22(23)38-4)28(35)19-13-20(19)30(36)40-6/h10-12,14,19-20H,7-9,13,15-16H2,1-6H3/t19-,20-/m0/s1. The smallest absolute Gasteiger partial charge is 0.410 e. The zero-order valence-corrected chi connectivity index (χ0v) is 26.4. The highest BCUT2D eigenvalue weighted by molar-refractivity contribution is 7.20. The number of thiophene rings is 1. The molecule has 236 valence electrons. The highest BCUT2D eigenvalue weighted by Gasteiger charge is 2.49. The molecular weight excluding hydrogens is 593 g/mol. The van der Waals surface area contributed by atoms with E-state index in [9.17, 15) is 14.4 Å². The summed E-state index contributed by atoms with van der Waals surface area (Å²) < 4.78 is 49.3. The van der Waals surface area contributed by atoms with Gasteiger partial charge in [-0.2, -0.15) is 0 Å². The number of halogens is 1. The summed E-state index contributed by atoms with van der Waals surface area (Å²) in [5.74, 6) is -0.454. The van der Waals surface area contributed by atoms with Crippen LogP contribution in [0.1, 0.15) is 54.4 Å². The van der Waals surface area contributed by atoms with Crippen molar-refractivity contribution in [1.82, 2.24) is 4.90 Å². The first-order chi connectivity index (χ1) is 20.9. The third kappa shape index (κ3) is 6.54. The molecule has 44 heavy (non-hydrogen) atoms. The first kappa shape index (κ1) is 31.4. The van der Waals surface area contributed by atoms with Crippen molar-refractivity contribution in [2.45, 2.75) is 52.3 Å². The van der Waals surface area contributed by atoms with Gasteiger partial charge in [-0.25, -0.2) is 9.18 Å². The van der Waals surface area contributed by atoms with Crippen molar-refractivity contribution in [3.05, 3.63) is 46.1 Å². The quantitative estimate of drug-likeness (QED) is 0.140. The number of ether oxygens (including phenoxy) is 6. The van der Waals surface area contributed by atoms with Crippen LogP contribution in [0.3, 0.4) is 0 Å². The molecular formula is C32H36FNO9S. The van der Waals surface area contributed by atoms with Crippen LogP contribution in [0.15, 0.2) is 24.3 Å². The van der Waals surface area contributed by atoms with E-state index in [0.29, 0.717) is 40.3 Å². The molecule has 1 amide bonds. The Morgan fingerprint density at radius 1 is 0.932 bits per heavy atom. The number of methoxy groups -OCH3 is 3. The molecule has 1 aliphatic carbocycles. The molecule has 0 N–H and O–H groups in total. The number of hydrogen-bond donors (Lipinski definition) is 0. The van der Waals surface area contributed by atoms with E-state index in [1.54, 1.807) is 32.9 Å². The van der Waals surface area contributed by atoms with E-state index in [1.165, 1.54) is 37.6 Å². The van der Waals surface area contributed by atoms with Crippen molar-refractivity contribution < 1.29 is 47.2 Å². The molecule has 2 aromatic carbocycles. The molecule has 12 heteroatoms. The number of benzene rings is 2. The van der Waals surface area contributed by atoms with Crippen molar-refractivity contribution in [3.63, 3.8) is 0 Å². The van der Waals surface area contributed by atoms with Gasteiger partial charge in [0, 0.05) is 35.2 Å². The minimum atomic E-state index is -0.660. The number of amides is 1. The number of carbonyl (C=O) groups excluding carboxylic acids is 3. The SMILES string of the molecule is COC(=O)[C@H]1C[C@@H]1C(=O)c1cc2cc(OCCCOc3c(OC)cc4c(c3F)CN(C(=O)OC(C)(C)C)C4)c(OC)cc2s1. The van der Waals surface area contributed by atoms with Crippen molar-refractivity contribution in [1.29, 1.82) is 0 Å². The minimum absolute atomic E-state index is 0.0168. The molecule has 2 aliphatic rings. The van der Waals surface area contributed by atoms with Crippen LogP contribution in [0.25, 0.3) is 10.1 Å². The molecule has 0 spiro atoms. The summed E-state index contributed by atoms with van der Waals surface area (Å²) in [6, 6.07) is 7.12. The maximum absolute atomic E-state index is 15.5. The third-order valence-corrected chi connectivity index (χ3v) is 8.54. The van der Waals surface area contributed by atoms with Crippen molar-refractivity contribution >= 4 is 39.3 Å². The number of ketones is 1. The van der Waals surface area contributed by atoms with Gasteiger partial charge in [0.1, 0.15) is 5.60 Å². The van der Waals surface area contributed by atoms with Crippen LogP contribution in [-0.4, -0.2) is 62.9 Å². The Labute approximate surface area is 258 Å². The van der Waals surface area contributed by atoms with E-state index in [1.807, 2.05) is 12.1 Å². The van der Waals surface area contributed by atoms with E-state index in [4.69, 9.17) is 28.4 Å². The van der Waals surface area contributed by atoms with Gasteiger partial charge in [0.05, 0.1) is 51.9 Å². The van der Waals surface area contributed by atoms with Crippen molar-refractivity contribution in [2.75, 3.05) is 34.5 Å². The van der Waals surface area contributed by atoms with Gasteiger partial charge < -0.3 is 28.4 Å². The maximum atomic E-state index is 15.5. The van der Waals surface area contributed by atoms with Crippen LogP contribution < -0.4 is 18.9 Å². The van der Waals surface area contributed by atoms with Gasteiger partial charge in [0.25, 0.3) is 0 Å². The summed E-state index contributed by atoms with van der Waals surface area (Å²) in [5, 5.41) is 0.825. The molecule has 5 rings (SSSR count). The summed E-state index contributed by atoms with van der Waals surface area (Å²) in [6.45, 7) is 6.02. The second-order valence-corrected chi connectivity index (χ2v) is 12.8. The maximum Gasteiger partial charge on any atom is 0.410 e. The van der Waals surface area contributed by atoms with E-state index < -0.39 is 17.5 Å². The lowest BCUT2D eigenvalue weighted by molar-refractivity contribution is -0.142. The van der Waals surface area contributed by atoms with Crippen molar-refractivity contribution in [2.24, 2.45) is 11.8 Å². The molecule has 3 aromatic rings. The second-order valence-electron chi connectivity index (χ2n) is 11.7. The third-order valence-electron chi connectivity index (χ3n) is 7.43. The van der Waals surface area contributed by atoms with Crippen LogP contribution in [-0.2, 0) is 27.4 Å². The molecule has 1 saturated carbocycles. The summed E-state index contributed by atoms with van der Waals surface area (Å²) in [7, 11) is 4.30. The molecule has 1 fully saturated rings. The average molecular weight is 630 g/mol. The fraction of sp³-hybridized carbons (Fsp3) is 0.469. The normalized spacial score (nSPS) is 17.2. The van der Waals surface area contributed by atoms with Crippen LogP contribution in [0.2, 0.25) is 0 Å². The largest absolute Gasteiger partial charge is 0.493 e. The van der Waals surface area contributed by atoms with Crippen molar-refractivity contribution in [3.8, 4) is 23.0 Å². The molecule has 1 aromatic heterocycles. The highest BCUT2D eigenvalue weighted by atomic mass is 32.1. The van der Waals surface area contributed by atoms with Crippen LogP contribution in [0, 0.1) is 17.7 Å². The van der Waals surface area contributed by atoms with Crippen LogP contribution >= 0.6 is 11.3 Å². The van der Waals surface area contributed by atoms with Gasteiger partial charge in [0.2, 0.25) is 0 Å². The lowest BCUT2D eigenvalue weighted by Gasteiger charge is -2.24. The van der Waals surface area contributed by atoms with Crippen LogP contribution in [0.5, 0.6) is 23.0 Å². The van der Waals surface area contributed by atoms with E-state index in [-0.39, 0.29) is 61.4 Å². The Hall–Kier alpha value is -4.06. The molecule has 2 atom stereocenters.